The van der Waals surface area contributed by atoms with Crippen molar-refractivity contribution in [1.82, 2.24) is 14.9 Å². The molecule has 28 heavy (non-hydrogen) atoms. The number of aryl methyl sites for hydroxylation is 1. The number of amides is 1. The van der Waals surface area contributed by atoms with Crippen LogP contribution in [-0.2, 0) is 11.2 Å². The lowest BCUT2D eigenvalue weighted by Gasteiger charge is -2.26. The average Bonchev–Trinajstić information content (AvgIpc) is 2.74. The largest absolute Gasteiger partial charge is 0.339 e. The summed E-state index contributed by atoms with van der Waals surface area (Å²) in [5, 5.41) is 0.594. The molecule has 4 rings (SSSR count). The van der Waals surface area contributed by atoms with Crippen LogP contribution >= 0.6 is 0 Å². The molecule has 0 spiro atoms. The summed E-state index contributed by atoms with van der Waals surface area (Å²) in [6.07, 6.45) is 4.76. The van der Waals surface area contributed by atoms with Crippen molar-refractivity contribution >= 4 is 22.4 Å². The molecule has 0 radical (unpaired) electrons. The SMILES string of the molecule is O=C(CCCc1nc2ccccc2c(=O)[nH]1)N1CC=C(c2ccccc2)CC1. The summed E-state index contributed by atoms with van der Waals surface area (Å²) in [5.74, 6) is 0.799. The van der Waals surface area contributed by atoms with Gasteiger partial charge in [-0.25, -0.2) is 4.98 Å². The second-order valence-electron chi connectivity index (χ2n) is 7.07. The van der Waals surface area contributed by atoms with Crippen molar-refractivity contribution in [1.29, 1.82) is 0 Å². The van der Waals surface area contributed by atoms with Gasteiger partial charge in [0.2, 0.25) is 5.91 Å². The molecule has 0 fully saturated rings. The first-order valence-corrected chi connectivity index (χ1v) is 9.71. The third-order valence-corrected chi connectivity index (χ3v) is 5.17. The molecule has 1 amide bonds. The van der Waals surface area contributed by atoms with E-state index in [2.05, 4.69) is 28.2 Å². The Labute approximate surface area is 163 Å². The maximum absolute atomic E-state index is 12.5. The van der Waals surface area contributed by atoms with Gasteiger partial charge < -0.3 is 9.88 Å². The minimum absolute atomic E-state index is 0.124. The Kier molecular flexibility index (Phi) is 5.33. The first kappa shape index (κ1) is 18.2. The van der Waals surface area contributed by atoms with Gasteiger partial charge in [-0.3, -0.25) is 9.59 Å². The number of rotatable bonds is 5. The van der Waals surface area contributed by atoms with Gasteiger partial charge >= 0.3 is 0 Å². The molecule has 1 aromatic heterocycles. The summed E-state index contributed by atoms with van der Waals surface area (Å²) < 4.78 is 0. The van der Waals surface area contributed by atoms with Crippen LogP contribution in [0.25, 0.3) is 16.5 Å². The Hall–Kier alpha value is -3.21. The van der Waals surface area contributed by atoms with Crippen molar-refractivity contribution in [2.24, 2.45) is 0 Å². The van der Waals surface area contributed by atoms with Crippen LogP contribution in [0.5, 0.6) is 0 Å². The van der Waals surface area contributed by atoms with Crippen molar-refractivity contribution < 1.29 is 4.79 Å². The van der Waals surface area contributed by atoms with Crippen LogP contribution in [0.15, 0.2) is 65.5 Å². The highest BCUT2D eigenvalue weighted by atomic mass is 16.2. The highest BCUT2D eigenvalue weighted by molar-refractivity contribution is 5.78. The fraction of sp³-hybridized carbons (Fsp3) is 0.261. The number of hydrogen-bond acceptors (Lipinski definition) is 3. The minimum atomic E-state index is -0.124. The Balaban J connectivity index is 1.32. The zero-order valence-electron chi connectivity index (χ0n) is 15.7. The van der Waals surface area contributed by atoms with Gasteiger partial charge in [0.05, 0.1) is 10.9 Å². The molecule has 0 aliphatic carbocycles. The molecule has 2 aromatic carbocycles. The number of H-pyrrole nitrogens is 1. The first-order chi connectivity index (χ1) is 13.7. The minimum Gasteiger partial charge on any atom is -0.339 e. The van der Waals surface area contributed by atoms with Crippen molar-refractivity contribution in [3.8, 4) is 0 Å². The van der Waals surface area contributed by atoms with E-state index < -0.39 is 0 Å². The van der Waals surface area contributed by atoms with E-state index in [1.807, 2.05) is 41.3 Å². The van der Waals surface area contributed by atoms with E-state index in [1.165, 1.54) is 11.1 Å². The average molecular weight is 373 g/mol. The molecule has 142 valence electrons. The first-order valence-electron chi connectivity index (χ1n) is 9.71. The summed E-state index contributed by atoms with van der Waals surface area (Å²) in [6, 6.07) is 17.6. The van der Waals surface area contributed by atoms with Crippen LogP contribution < -0.4 is 5.56 Å². The Morgan fingerprint density at radius 3 is 2.64 bits per heavy atom. The van der Waals surface area contributed by atoms with Crippen LogP contribution in [0.3, 0.4) is 0 Å². The van der Waals surface area contributed by atoms with Crippen molar-refractivity contribution in [2.45, 2.75) is 25.7 Å². The topological polar surface area (TPSA) is 66.1 Å². The number of aromatic amines is 1. The summed E-state index contributed by atoms with van der Waals surface area (Å²) in [5.41, 5.74) is 3.12. The predicted molar refractivity (Wildman–Crippen MR) is 111 cm³/mol. The van der Waals surface area contributed by atoms with Crippen LogP contribution in [0.1, 0.15) is 30.7 Å². The molecular formula is C23H23N3O2. The fourth-order valence-electron chi connectivity index (χ4n) is 3.63. The van der Waals surface area contributed by atoms with Gasteiger partial charge in [-0.2, -0.15) is 0 Å². The zero-order valence-corrected chi connectivity index (χ0v) is 15.7. The Morgan fingerprint density at radius 1 is 1.07 bits per heavy atom. The smallest absolute Gasteiger partial charge is 0.258 e. The molecule has 5 nitrogen and oxygen atoms in total. The van der Waals surface area contributed by atoms with Gasteiger partial charge in [-0.1, -0.05) is 48.5 Å². The second-order valence-corrected chi connectivity index (χ2v) is 7.07. The number of fused-ring (bicyclic) bond motifs is 1. The van der Waals surface area contributed by atoms with Crippen molar-refractivity contribution in [3.63, 3.8) is 0 Å². The maximum atomic E-state index is 12.5. The number of nitrogens with zero attached hydrogens (tertiary/aromatic N) is 2. The highest BCUT2D eigenvalue weighted by Crippen LogP contribution is 2.22. The van der Waals surface area contributed by atoms with Gasteiger partial charge in [0.25, 0.3) is 5.56 Å². The second kappa shape index (κ2) is 8.21. The number of aromatic nitrogens is 2. The van der Waals surface area contributed by atoms with Gasteiger partial charge in [0.1, 0.15) is 5.82 Å². The number of carbonyl (C=O) groups is 1. The van der Waals surface area contributed by atoms with Crippen LogP contribution in [0.2, 0.25) is 0 Å². The number of para-hydroxylation sites is 1. The molecule has 5 heteroatoms. The standard InChI is InChI=1S/C23H23N3O2/c27-22(26-15-13-18(14-16-26)17-7-2-1-3-8-17)12-6-11-21-24-20-10-5-4-9-19(20)23(28)25-21/h1-5,7-10,13H,6,11-12,14-16H2,(H,24,25,28). The van der Waals surface area contributed by atoms with Gasteiger partial charge in [0.15, 0.2) is 0 Å². The molecule has 0 saturated carbocycles. The number of benzene rings is 2. The van der Waals surface area contributed by atoms with Gasteiger partial charge in [0, 0.05) is 25.9 Å². The number of nitrogens with one attached hydrogen (secondary N) is 1. The van der Waals surface area contributed by atoms with Crippen molar-refractivity contribution in [2.75, 3.05) is 13.1 Å². The lowest BCUT2D eigenvalue weighted by molar-refractivity contribution is -0.130. The molecule has 3 aromatic rings. The summed E-state index contributed by atoms with van der Waals surface area (Å²) in [6.45, 7) is 1.42. The van der Waals surface area contributed by atoms with E-state index in [0.717, 1.165) is 13.0 Å². The van der Waals surface area contributed by atoms with E-state index in [-0.39, 0.29) is 11.5 Å². The normalized spacial score (nSPS) is 14.1. The highest BCUT2D eigenvalue weighted by Gasteiger charge is 2.17. The molecule has 1 N–H and O–H groups in total. The Morgan fingerprint density at radius 2 is 1.86 bits per heavy atom. The molecule has 0 bridgehead atoms. The predicted octanol–water partition coefficient (Wildman–Crippen LogP) is 3.56. The van der Waals surface area contributed by atoms with E-state index in [1.54, 1.807) is 6.07 Å². The summed E-state index contributed by atoms with van der Waals surface area (Å²) in [7, 11) is 0. The quantitative estimate of drug-likeness (QED) is 0.744. The van der Waals surface area contributed by atoms with Crippen molar-refractivity contribution in [3.05, 3.63) is 82.4 Å². The van der Waals surface area contributed by atoms with E-state index >= 15 is 0 Å². The third-order valence-electron chi connectivity index (χ3n) is 5.17. The van der Waals surface area contributed by atoms with Gasteiger partial charge in [-0.05, 0) is 36.1 Å². The summed E-state index contributed by atoms with van der Waals surface area (Å²) >= 11 is 0. The monoisotopic (exact) mass is 373 g/mol. The molecule has 1 aliphatic rings. The van der Waals surface area contributed by atoms with E-state index in [4.69, 9.17) is 0 Å². The van der Waals surface area contributed by atoms with Crippen LogP contribution in [0.4, 0.5) is 0 Å². The molecule has 0 unspecified atom stereocenters. The van der Waals surface area contributed by atoms with E-state index in [0.29, 0.717) is 42.5 Å². The number of hydrogen-bond donors (Lipinski definition) is 1. The molecule has 0 atom stereocenters. The molecule has 1 aliphatic heterocycles. The van der Waals surface area contributed by atoms with Crippen LogP contribution in [-0.4, -0.2) is 33.9 Å². The zero-order chi connectivity index (χ0) is 19.3. The number of carbonyl (C=O) groups excluding carboxylic acids is 1. The van der Waals surface area contributed by atoms with E-state index in [9.17, 15) is 9.59 Å². The molecule has 0 saturated heterocycles. The molecular weight excluding hydrogens is 350 g/mol. The fourth-order valence-corrected chi connectivity index (χ4v) is 3.63. The lowest BCUT2D eigenvalue weighted by atomic mass is 9.99. The van der Waals surface area contributed by atoms with Crippen LogP contribution in [0, 0.1) is 0 Å². The van der Waals surface area contributed by atoms with Gasteiger partial charge in [-0.15, -0.1) is 0 Å². The maximum Gasteiger partial charge on any atom is 0.258 e. The Bertz CT molecular complexity index is 1070. The lowest BCUT2D eigenvalue weighted by Crippen LogP contribution is -2.34. The molecule has 2 heterocycles. The summed E-state index contributed by atoms with van der Waals surface area (Å²) in [4.78, 5) is 33.9. The third kappa shape index (κ3) is 4.03.